The van der Waals surface area contributed by atoms with Crippen LogP contribution in [0.1, 0.15) is 34.7 Å². The van der Waals surface area contributed by atoms with Crippen LogP contribution in [0.2, 0.25) is 0 Å². The number of nitrogens with zero attached hydrogens (tertiary/aromatic N) is 3. The highest BCUT2D eigenvalue weighted by atomic mass is 19.4. The number of anilines is 2. The predicted molar refractivity (Wildman–Crippen MR) is 126 cm³/mol. The Morgan fingerprint density at radius 1 is 1.11 bits per heavy atom. The second-order valence-corrected chi connectivity index (χ2v) is 8.35. The topological polar surface area (TPSA) is 83.1 Å². The zero-order valence-corrected chi connectivity index (χ0v) is 18.5. The molecule has 0 radical (unpaired) electrons. The first-order valence-electron chi connectivity index (χ1n) is 11.2. The molecule has 1 aliphatic heterocycles. The Balaban J connectivity index is 1.43. The fraction of sp³-hybridized carbons (Fsp3) is 0.240. The number of rotatable bonds is 5. The molecule has 7 nitrogen and oxygen atoms in total. The summed E-state index contributed by atoms with van der Waals surface area (Å²) in [5.41, 5.74) is 1.86. The van der Waals surface area contributed by atoms with Gasteiger partial charge in [-0.25, -0.2) is 9.97 Å². The highest BCUT2D eigenvalue weighted by Crippen LogP contribution is 2.37. The first-order chi connectivity index (χ1) is 16.9. The van der Waals surface area contributed by atoms with Crippen LogP contribution >= 0.6 is 0 Å². The molecule has 1 atom stereocenters. The van der Waals surface area contributed by atoms with Gasteiger partial charge in [-0.15, -0.1) is 13.2 Å². The number of piperidine rings is 1. The van der Waals surface area contributed by atoms with Gasteiger partial charge in [-0.2, -0.15) is 0 Å². The van der Waals surface area contributed by atoms with Crippen molar-refractivity contribution in [1.82, 2.24) is 15.0 Å². The van der Waals surface area contributed by atoms with Crippen LogP contribution < -0.4 is 15.0 Å². The number of hydrogen-bond acceptors (Lipinski definition) is 5. The van der Waals surface area contributed by atoms with Gasteiger partial charge < -0.3 is 19.9 Å². The number of amides is 1. The van der Waals surface area contributed by atoms with Gasteiger partial charge in [0.15, 0.2) is 5.75 Å². The monoisotopic (exact) mass is 481 g/mol. The minimum absolute atomic E-state index is 0.0270. The first kappa shape index (κ1) is 22.7. The number of aromatic nitrogens is 3. The van der Waals surface area contributed by atoms with Crippen LogP contribution in [0.5, 0.6) is 5.75 Å². The lowest BCUT2D eigenvalue weighted by Gasteiger charge is -2.34. The summed E-state index contributed by atoms with van der Waals surface area (Å²) in [6, 6.07) is 14.7. The second kappa shape index (κ2) is 9.28. The lowest BCUT2D eigenvalue weighted by Crippen LogP contribution is -2.35. The number of nitrogens with one attached hydrogen (secondary N) is 2. The highest BCUT2D eigenvalue weighted by molar-refractivity contribution is 6.05. The number of carbonyl (C=O) groups excluding carboxylic acids is 1. The maximum atomic E-state index is 13.0. The van der Waals surface area contributed by atoms with Crippen molar-refractivity contribution >= 4 is 28.4 Å². The molecule has 3 heterocycles. The lowest BCUT2D eigenvalue weighted by molar-refractivity contribution is -0.274. The summed E-state index contributed by atoms with van der Waals surface area (Å²) in [7, 11) is 0. The number of aromatic amines is 1. The number of H-pyrrole nitrogens is 1. The van der Waals surface area contributed by atoms with E-state index in [0.29, 0.717) is 12.1 Å². The van der Waals surface area contributed by atoms with Gasteiger partial charge in [0.1, 0.15) is 17.8 Å². The van der Waals surface area contributed by atoms with E-state index in [4.69, 9.17) is 0 Å². The fourth-order valence-corrected chi connectivity index (χ4v) is 4.45. The number of alkyl halides is 3. The fourth-order valence-electron chi connectivity index (χ4n) is 4.45. The lowest BCUT2D eigenvalue weighted by atomic mass is 9.90. The third kappa shape index (κ3) is 5.06. The van der Waals surface area contributed by atoms with Gasteiger partial charge in [-0.3, -0.25) is 4.79 Å². The molecule has 2 aromatic carbocycles. The Morgan fingerprint density at radius 3 is 2.74 bits per heavy atom. The van der Waals surface area contributed by atoms with Crippen molar-refractivity contribution in [1.29, 1.82) is 0 Å². The van der Waals surface area contributed by atoms with Crippen LogP contribution in [0.25, 0.3) is 11.0 Å². The molecule has 180 valence electrons. The van der Waals surface area contributed by atoms with Gasteiger partial charge in [0.2, 0.25) is 0 Å². The molecule has 1 unspecified atom stereocenters. The van der Waals surface area contributed by atoms with Gasteiger partial charge in [0, 0.05) is 30.8 Å². The third-order valence-corrected chi connectivity index (χ3v) is 6.04. The Kier molecular flexibility index (Phi) is 6.02. The van der Waals surface area contributed by atoms with Crippen molar-refractivity contribution in [3.8, 4) is 5.75 Å². The Hall–Kier alpha value is -4.08. The largest absolute Gasteiger partial charge is 0.573 e. The smallest absolute Gasteiger partial charge is 0.404 e. The molecule has 2 N–H and O–H groups in total. The van der Waals surface area contributed by atoms with Gasteiger partial charge in [0.05, 0.1) is 11.1 Å². The number of ether oxygens (including phenoxy) is 1. The predicted octanol–water partition coefficient (Wildman–Crippen LogP) is 5.49. The number of halogens is 3. The van der Waals surface area contributed by atoms with Crippen LogP contribution in [-0.2, 0) is 0 Å². The summed E-state index contributed by atoms with van der Waals surface area (Å²) in [5, 5.41) is 3.50. The van der Waals surface area contributed by atoms with E-state index in [9.17, 15) is 18.0 Å². The second-order valence-electron chi connectivity index (χ2n) is 8.35. The highest BCUT2D eigenvalue weighted by Gasteiger charge is 2.33. The average molecular weight is 481 g/mol. The third-order valence-electron chi connectivity index (χ3n) is 6.04. The zero-order chi connectivity index (χ0) is 24.4. The molecule has 1 fully saturated rings. The van der Waals surface area contributed by atoms with E-state index in [-0.39, 0.29) is 11.6 Å². The maximum absolute atomic E-state index is 13.0. The van der Waals surface area contributed by atoms with Gasteiger partial charge >= 0.3 is 6.36 Å². The molecule has 5 rings (SSSR count). The van der Waals surface area contributed by atoms with Crippen molar-refractivity contribution in [2.24, 2.45) is 0 Å². The molecule has 0 aliphatic carbocycles. The van der Waals surface area contributed by atoms with E-state index in [2.05, 4.69) is 29.9 Å². The number of fused-ring (bicyclic) bond motifs is 1. The van der Waals surface area contributed by atoms with Crippen molar-refractivity contribution in [2.45, 2.75) is 25.1 Å². The SMILES string of the molecule is O=C(Nc1cc(C2CCCN(c3ncnc4[nH]ccc34)C2)ccc1OC(F)(F)F)c1ccccc1. The molecule has 0 saturated carbocycles. The number of benzene rings is 2. The average Bonchev–Trinajstić information content (AvgIpc) is 3.34. The minimum atomic E-state index is -4.88. The van der Waals surface area contributed by atoms with Crippen LogP contribution in [0, 0.1) is 0 Å². The molecule has 1 amide bonds. The zero-order valence-electron chi connectivity index (χ0n) is 18.5. The van der Waals surface area contributed by atoms with E-state index in [1.807, 2.05) is 12.3 Å². The van der Waals surface area contributed by atoms with Crippen LogP contribution in [0.4, 0.5) is 24.7 Å². The Bertz CT molecular complexity index is 1340. The van der Waals surface area contributed by atoms with Gasteiger partial charge in [0.25, 0.3) is 5.91 Å². The summed E-state index contributed by atoms with van der Waals surface area (Å²) in [6.45, 7) is 1.43. The molecule has 1 aliphatic rings. The summed E-state index contributed by atoms with van der Waals surface area (Å²) in [4.78, 5) is 26.6. The van der Waals surface area contributed by atoms with Crippen LogP contribution in [-0.4, -0.2) is 40.3 Å². The Morgan fingerprint density at radius 2 is 1.94 bits per heavy atom. The summed E-state index contributed by atoms with van der Waals surface area (Å²) in [6.07, 6.45) is 0.171. The molecular weight excluding hydrogens is 459 g/mol. The molecule has 0 bridgehead atoms. The minimum Gasteiger partial charge on any atom is -0.404 e. The van der Waals surface area contributed by atoms with E-state index < -0.39 is 18.0 Å². The van der Waals surface area contributed by atoms with Gasteiger partial charge in [-0.05, 0) is 48.7 Å². The van der Waals surface area contributed by atoms with E-state index >= 15 is 0 Å². The van der Waals surface area contributed by atoms with E-state index in [0.717, 1.165) is 41.8 Å². The summed E-state index contributed by atoms with van der Waals surface area (Å²) < 4.78 is 43.3. The molecule has 10 heteroatoms. The Labute approximate surface area is 199 Å². The quantitative estimate of drug-likeness (QED) is 0.394. The molecule has 2 aromatic heterocycles. The van der Waals surface area contributed by atoms with Gasteiger partial charge in [-0.1, -0.05) is 24.3 Å². The maximum Gasteiger partial charge on any atom is 0.573 e. The molecule has 0 spiro atoms. The van der Waals surface area contributed by atoms with Crippen molar-refractivity contribution in [2.75, 3.05) is 23.3 Å². The van der Waals surface area contributed by atoms with E-state index in [1.54, 1.807) is 42.5 Å². The van der Waals surface area contributed by atoms with E-state index in [1.165, 1.54) is 12.4 Å². The summed E-state index contributed by atoms with van der Waals surface area (Å²) in [5.74, 6) is -0.130. The van der Waals surface area contributed by atoms with Crippen molar-refractivity contribution in [3.63, 3.8) is 0 Å². The standard InChI is InChI=1S/C25H22F3N5O2/c26-25(27,28)35-21-9-8-17(13-20(21)32-24(34)16-5-2-1-3-6-16)18-7-4-12-33(14-18)23-19-10-11-29-22(19)30-15-31-23/h1-3,5-6,8-11,13,15,18H,4,7,12,14H2,(H,32,34)(H,29,30,31). The number of hydrogen-bond donors (Lipinski definition) is 2. The number of carbonyl (C=O) groups is 1. The summed E-state index contributed by atoms with van der Waals surface area (Å²) >= 11 is 0. The normalized spacial score (nSPS) is 16.3. The van der Waals surface area contributed by atoms with Crippen LogP contribution in [0.3, 0.4) is 0 Å². The molecule has 1 saturated heterocycles. The van der Waals surface area contributed by atoms with Crippen LogP contribution in [0.15, 0.2) is 67.1 Å². The molecule has 35 heavy (non-hydrogen) atoms. The molecular formula is C25H22F3N5O2. The van der Waals surface area contributed by atoms with Crippen molar-refractivity contribution in [3.05, 3.63) is 78.2 Å². The molecule has 4 aromatic rings. The first-order valence-corrected chi connectivity index (χ1v) is 11.2. The van der Waals surface area contributed by atoms with Crippen molar-refractivity contribution < 1.29 is 22.7 Å².